The predicted molar refractivity (Wildman–Crippen MR) is 95.8 cm³/mol. The zero-order chi connectivity index (χ0) is 17.5. The number of benzene rings is 2. The van der Waals surface area contributed by atoms with E-state index in [1.807, 2.05) is 58.0 Å². The van der Waals surface area contributed by atoms with Gasteiger partial charge in [0.15, 0.2) is 6.61 Å². The topological polar surface area (TPSA) is 47.6 Å². The lowest BCUT2D eigenvalue weighted by Crippen LogP contribution is -2.32. The maximum atomic E-state index is 11.9. The number of aryl methyl sites for hydroxylation is 3. The van der Waals surface area contributed by atoms with E-state index in [4.69, 9.17) is 9.47 Å². The Balaban J connectivity index is 1.72. The molecule has 0 saturated heterocycles. The SMILES string of the molecule is Cc1ccc(OCCNC(=O)COc2c(C)ccc(C)c2C)cc1. The number of ether oxygens (including phenoxy) is 2. The van der Waals surface area contributed by atoms with Crippen molar-refractivity contribution < 1.29 is 14.3 Å². The van der Waals surface area contributed by atoms with Crippen molar-refractivity contribution in [3.8, 4) is 11.5 Å². The van der Waals surface area contributed by atoms with Crippen molar-refractivity contribution in [2.24, 2.45) is 0 Å². The first kappa shape index (κ1) is 17.9. The molecule has 0 bridgehead atoms. The summed E-state index contributed by atoms with van der Waals surface area (Å²) in [6, 6.07) is 11.9. The lowest BCUT2D eigenvalue weighted by molar-refractivity contribution is -0.123. The van der Waals surface area contributed by atoms with E-state index in [9.17, 15) is 4.79 Å². The first-order valence-corrected chi connectivity index (χ1v) is 8.13. The van der Waals surface area contributed by atoms with Crippen molar-refractivity contribution in [3.63, 3.8) is 0 Å². The molecule has 0 aliphatic carbocycles. The summed E-state index contributed by atoms with van der Waals surface area (Å²) in [5, 5.41) is 2.80. The lowest BCUT2D eigenvalue weighted by Gasteiger charge is -2.14. The van der Waals surface area contributed by atoms with Crippen LogP contribution in [0.4, 0.5) is 0 Å². The molecule has 0 radical (unpaired) electrons. The fourth-order valence-corrected chi connectivity index (χ4v) is 2.33. The van der Waals surface area contributed by atoms with Gasteiger partial charge in [-0.15, -0.1) is 0 Å². The summed E-state index contributed by atoms with van der Waals surface area (Å²) >= 11 is 0. The van der Waals surface area contributed by atoms with E-state index in [0.717, 1.165) is 28.2 Å². The van der Waals surface area contributed by atoms with E-state index in [0.29, 0.717) is 13.2 Å². The average molecular weight is 327 g/mol. The minimum absolute atomic E-state index is 0.00959. The molecule has 0 aliphatic rings. The Hall–Kier alpha value is -2.49. The molecule has 0 atom stereocenters. The fourth-order valence-electron chi connectivity index (χ4n) is 2.33. The molecule has 0 saturated carbocycles. The van der Waals surface area contributed by atoms with E-state index in [-0.39, 0.29) is 12.5 Å². The quantitative estimate of drug-likeness (QED) is 0.792. The third-order valence-electron chi connectivity index (χ3n) is 3.94. The van der Waals surface area contributed by atoms with Crippen LogP contribution in [0.1, 0.15) is 22.3 Å². The van der Waals surface area contributed by atoms with Gasteiger partial charge in [0, 0.05) is 0 Å². The Morgan fingerprint density at radius 1 is 0.917 bits per heavy atom. The van der Waals surface area contributed by atoms with Crippen molar-refractivity contribution in [1.82, 2.24) is 5.32 Å². The highest BCUT2D eigenvalue weighted by atomic mass is 16.5. The normalized spacial score (nSPS) is 10.3. The van der Waals surface area contributed by atoms with E-state index in [2.05, 4.69) is 11.4 Å². The maximum absolute atomic E-state index is 11.9. The van der Waals surface area contributed by atoms with Crippen LogP contribution in [0.3, 0.4) is 0 Å². The Bertz CT molecular complexity index is 693. The van der Waals surface area contributed by atoms with Gasteiger partial charge in [-0.1, -0.05) is 29.8 Å². The van der Waals surface area contributed by atoms with Crippen LogP contribution in [0.25, 0.3) is 0 Å². The van der Waals surface area contributed by atoms with Gasteiger partial charge in [-0.3, -0.25) is 4.79 Å². The summed E-state index contributed by atoms with van der Waals surface area (Å²) in [5.41, 5.74) is 4.45. The van der Waals surface area contributed by atoms with Gasteiger partial charge in [0.2, 0.25) is 0 Å². The van der Waals surface area contributed by atoms with Crippen LogP contribution in [0.2, 0.25) is 0 Å². The van der Waals surface area contributed by atoms with Gasteiger partial charge < -0.3 is 14.8 Å². The summed E-state index contributed by atoms with van der Waals surface area (Å²) < 4.78 is 11.3. The molecule has 0 fully saturated rings. The van der Waals surface area contributed by atoms with Crippen molar-refractivity contribution in [2.75, 3.05) is 19.8 Å². The zero-order valence-corrected chi connectivity index (χ0v) is 14.8. The van der Waals surface area contributed by atoms with Crippen molar-refractivity contribution in [2.45, 2.75) is 27.7 Å². The predicted octanol–water partition coefficient (Wildman–Crippen LogP) is 3.49. The molecule has 2 aromatic rings. The molecule has 2 rings (SSSR count). The average Bonchev–Trinajstić information content (AvgIpc) is 2.57. The summed E-state index contributed by atoms with van der Waals surface area (Å²) in [6.07, 6.45) is 0. The van der Waals surface area contributed by atoms with E-state index < -0.39 is 0 Å². The monoisotopic (exact) mass is 327 g/mol. The molecular formula is C20H25NO3. The number of carbonyl (C=O) groups is 1. The van der Waals surface area contributed by atoms with Gasteiger partial charge in [0.25, 0.3) is 5.91 Å². The molecule has 0 spiro atoms. The van der Waals surface area contributed by atoms with Crippen molar-refractivity contribution in [1.29, 1.82) is 0 Å². The van der Waals surface area contributed by atoms with E-state index in [1.54, 1.807) is 0 Å². The molecule has 4 nitrogen and oxygen atoms in total. The molecule has 0 unspecified atom stereocenters. The highest BCUT2D eigenvalue weighted by Crippen LogP contribution is 2.25. The summed E-state index contributed by atoms with van der Waals surface area (Å²) in [4.78, 5) is 11.9. The summed E-state index contributed by atoms with van der Waals surface area (Å²) in [6.45, 7) is 8.93. The second kappa shape index (κ2) is 8.39. The van der Waals surface area contributed by atoms with Crippen LogP contribution in [-0.4, -0.2) is 25.7 Å². The number of hydrogen-bond acceptors (Lipinski definition) is 3. The largest absolute Gasteiger partial charge is 0.492 e. The van der Waals surface area contributed by atoms with Crippen LogP contribution in [0.15, 0.2) is 36.4 Å². The van der Waals surface area contributed by atoms with Crippen LogP contribution in [0, 0.1) is 27.7 Å². The van der Waals surface area contributed by atoms with Crippen molar-refractivity contribution >= 4 is 5.91 Å². The molecule has 24 heavy (non-hydrogen) atoms. The second-order valence-corrected chi connectivity index (χ2v) is 5.95. The second-order valence-electron chi connectivity index (χ2n) is 5.95. The molecular weight excluding hydrogens is 302 g/mol. The minimum atomic E-state index is -0.150. The molecule has 4 heteroatoms. The number of nitrogens with one attached hydrogen (secondary N) is 1. The number of hydrogen-bond donors (Lipinski definition) is 1. The van der Waals surface area contributed by atoms with Gasteiger partial charge in [0.1, 0.15) is 18.1 Å². The van der Waals surface area contributed by atoms with Crippen LogP contribution >= 0.6 is 0 Å². The summed E-state index contributed by atoms with van der Waals surface area (Å²) in [5.74, 6) is 1.45. The van der Waals surface area contributed by atoms with Gasteiger partial charge in [-0.25, -0.2) is 0 Å². The van der Waals surface area contributed by atoms with Crippen LogP contribution < -0.4 is 14.8 Å². The molecule has 2 aromatic carbocycles. The van der Waals surface area contributed by atoms with Crippen LogP contribution in [0.5, 0.6) is 11.5 Å². The number of rotatable bonds is 7. The zero-order valence-electron chi connectivity index (χ0n) is 14.8. The summed E-state index contributed by atoms with van der Waals surface area (Å²) in [7, 11) is 0. The highest BCUT2D eigenvalue weighted by molar-refractivity contribution is 5.77. The Morgan fingerprint density at radius 2 is 1.58 bits per heavy atom. The molecule has 0 aliphatic heterocycles. The standard InChI is InChI=1S/C20H25NO3/c1-14-5-9-18(10-6-14)23-12-11-21-19(22)13-24-20-16(3)8-7-15(2)17(20)4/h5-10H,11-13H2,1-4H3,(H,21,22). The molecule has 1 amide bonds. The van der Waals surface area contributed by atoms with Gasteiger partial charge in [-0.2, -0.15) is 0 Å². The first-order valence-electron chi connectivity index (χ1n) is 8.13. The Labute approximate surface area is 143 Å². The smallest absolute Gasteiger partial charge is 0.258 e. The maximum Gasteiger partial charge on any atom is 0.258 e. The molecule has 128 valence electrons. The third kappa shape index (κ3) is 5.01. The van der Waals surface area contributed by atoms with Gasteiger partial charge in [0.05, 0.1) is 6.54 Å². The Morgan fingerprint density at radius 3 is 2.29 bits per heavy atom. The van der Waals surface area contributed by atoms with Crippen molar-refractivity contribution in [3.05, 3.63) is 58.7 Å². The molecule has 0 aromatic heterocycles. The molecule has 0 heterocycles. The number of carbonyl (C=O) groups excluding carboxylic acids is 1. The van der Waals surface area contributed by atoms with Gasteiger partial charge in [-0.05, 0) is 56.5 Å². The fraction of sp³-hybridized carbons (Fsp3) is 0.350. The lowest BCUT2D eigenvalue weighted by atomic mass is 10.1. The van der Waals surface area contributed by atoms with Gasteiger partial charge >= 0.3 is 0 Å². The van der Waals surface area contributed by atoms with E-state index in [1.165, 1.54) is 5.56 Å². The van der Waals surface area contributed by atoms with Crippen LogP contribution in [-0.2, 0) is 4.79 Å². The van der Waals surface area contributed by atoms with E-state index >= 15 is 0 Å². The third-order valence-corrected chi connectivity index (χ3v) is 3.94. The Kier molecular flexibility index (Phi) is 6.24. The highest BCUT2D eigenvalue weighted by Gasteiger charge is 2.09. The first-order chi connectivity index (χ1) is 11.5. The minimum Gasteiger partial charge on any atom is -0.492 e. The number of amides is 1. The molecule has 1 N–H and O–H groups in total.